The zero-order chi connectivity index (χ0) is 16.7. The third-order valence-corrected chi connectivity index (χ3v) is 6.00. The molecule has 0 saturated heterocycles. The highest BCUT2D eigenvalue weighted by molar-refractivity contribution is 9.10. The number of carbonyl (C=O) groups excluding carboxylic acids is 1. The molecule has 4 rings (SSSR count). The average molecular weight is 420 g/mol. The highest BCUT2D eigenvalue weighted by Gasteiger charge is 2.23. The van der Waals surface area contributed by atoms with Crippen LogP contribution in [0, 0.1) is 0 Å². The van der Waals surface area contributed by atoms with Gasteiger partial charge in [-0.25, -0.2) is 4.98 Å². The molecule has 0 unspecified atom stereocenters. The highest BCUT2D eigenvalue weighted by atomic mass is 79.9. The van der Waals surface area contributed by atoms with Crippen LogP contribution in [-0.2, 0) is 6.42 Å². The summed E-state index contributed by atoms with van der Waals surface area (Å²) < 4.78 is 1.01. The maximum atomic E-state index is 12.8. The van der Waals surface area contributed by atoms with E-state index in [1.807, 2.05) is 35.4 Å². The van der Waals surface area contributed by atoms with Crippen molar-refractivity contribution in [2.24, 2.45) is 0 Å². The number of allylic oxidation sites excluding steroid dienone is 1. The number of nitrogens with zero attached hydrogens (tertiary/aromatic N) is 2. The predicted molar refractivity (Wildman–Crippen MR) is 103 cm³/mol. The van der Waals surface area contributed by atoms with Crippen LogP contribution < -0.4 is 4.90 Å². The monoisotopic (exact) mass is 418 g/mol. The number of aromatic nitrogens is 1. The first-order chi connectivity index (χ1) is 11.6. The number of fused-ring (bicyclic) bond motifs is 3. The van der Waals surface area contributed by atoms with Crippen LogP contribution in [0.2, 0.25) is 5.02 Å². The Kier molecular flexibility index (Phi) is 4.16. The summed E-state index contributed by atoms with van der Waals surface area (Å²) in [5.41, 5.74) is 1.98. The Hall–Kier alpha value is -1.69. The minimum atomic E-state index is 0.0938. The summed E-state index contributed by atoms with van der Waals surface area (Å²) in [7, 11) is 0. The van der Waals surface area contributed by atoms with Gasteiger partial charge in [-0.2, -0.15) is 0 Å². The third kappa shape index (κ3) is 2.77. The zero-order valence-electron chi connectivity index (χ0n) is 12.5. The lowest BCUT2D eigenvalue weighted by Crippen LogP contribution is -2.26. The second kappa shape index (κ2) is 6.31. The lowest BCUT2D eigenvalue weighted by atomic mass is 10.0. The van der Waals surface area contributed by atoms with Gasteiger partial charge in [-0.1, -0.05) is 33.6 Å². The Labute approximate surface area is 156 Å². The molecule has 1 aliphatic heterocycles. The van der Waals surface area contributed by atoms with Crippen LogP contribution in [0.4, 0.5) is 5.69 Å². The number of anilines is 1. The number of ketones is 1. The van der Waals surface area contributed by atoms with Gasteiger partial charge in [0.05, 0.1) is 16.4 Å². The van der Waals surface area contributed by atoms with Gasteiger partial charge < -0.3 is 4.90 Å². The molecule has 24 heavy (non-hydrogen) atoms. The number of halogens is 2. The molecule has 0 amide bonds. The van der Waals surface area contributed by atoms with Gasteiger partial charge in [0, 0.05) is 27.9 Å². The number of benzene rings is 1. The molecule has 0 saturated carbocycles. The maximum Gasteiger partial charge on any atom is 0.192 e. The van der Waals surface area contributed by atoms with Crippen LogP contribution in [0.25, 0.3) is 10.2 Å². The topological polar surface area (TPSA) is 33.2 Å². The molecule has 0 spiro atoms. The molecule has 1 aliphatic rings. The molecule has 0 atom stereocenters. The van der Waals surface area contributed by atoms with Crippen LogP contribution in [0.5, 0.6) is 0 Å². The van der Waals surface area contributed by atoms with Gasteiger partial charge in [-0.05, 0) is 42.3 Å². The van der Waals surface area contributed by atoms with Gasteiger partial charge in [0.1, 0.15) is 4.83 Å². The summed E-state index contributed by atoms with van der Waals surface area (Å²) in [6.07, 6.45) is 6.39. The van der Waals surface area contributed by atoms with Crippen molar-refractivity contribution in [1.29, 1.82) is 0 Å². The van der Waals surface area contributed by atoms with Crippen LogP contribution >= 0.6 is 38.9 Å². The van der Waals surface area contributed by atoms with Gasteiger partial charge in [0.25, 0.3) is 0 Å². The molecule has 0 fully saturated rings. The van der Waals surface area contributed by atoms with E-state index in [1.165, 1.54) is 11.3 Å². The molecule has 0 bridgehead atoms. The summed E-state index contributed by atoms with van der Waals surface area (Å²) in [4.78, 5) is 20.8. The standard InChI is InChI=1S/C18H12BrClN2OS/c19-11-3-5-12(6-4-11)22-9-1-2-13-16-14(20)7-8-21-18(16)24-17(13)15(23)10-22/h1,3-9H,2,10H2/b9-1-. The third-order valence-electron chi connectivity index (χ3n) is 3.97. The van der Waals surface area contributed by atoms with E-state index in [0.717, 1.165) is 30.8 Å². The number of hydrogen-bond acceptors (Lipinski definition) is 4. The average Bonchev–Trinajstić information content (AvgIpc) is 2.93. The first-order valence-electron chi connectivity index (χ1n) is 7.41. The van der Waals surface area contributed by atoms with E-state index in [2.05, 4.69) is 27.0 Å². The summed E-state index contributed by atoms with van der Waals surface area (Å²) in [5, 5.41) is 1.57. The number of hydrogen-bond donors (Lipinski definition) is 0. The molecule has 120 valence electrons. The van der Waals surface area contributed by atoms with E-state index in [-0.39, 0.29) is 5.78 Å². The molecule has 1 aromatic carbocycles. The van der Waals surface area contributed by atoms with Crippen LogP contribution in [-0.4, -0.2) is 17.3 Å². The zero-order valence-corrected chi connectivity index (χ0v) is 15.7. The van der Waals surface area contributed by atoms with E-state index in [1.54, 1.807) is 12.3 Å². The molecule has 3 aromatic rings. The van der Waals surface area contributed by atoms with Gasteiger partial charge >= 0.3 is 0 Å². The van der Waals surface area contributed by atoms with Crippen molar-refractivity contribution in [3.8, 4) is 0 Å². The fourth-order valence-corrected chi connectivity index (χ4v) is 4.56. The summed E-state index contributed by atoms with van der Waals surface area (Å²) in [6.45, 7) is 0.301. The van der Waals surface area contributed by atoms with Gasteiger partial charge in [0.15, 0.2) is 5.78 Å². The number of pyridine rings is 1. The summed E-state index contributed by atoms with van der Waals surface area (Å²) >= 11 is 11.2. The first kappa shape index (κ1) is 15.8. The molecule has 0 aliphatic carbocycles. The molecular weight excluding hydrogens is 408 g/mol. The molecule has 2 aromatic heterocycles. The molecule has 3 heterocycles. The quantitative estimate of drug-likeness (QED) is 0.524. The van der Waals surface area contributed by atoms with E-state index in [4.69, 9.17) is 11.6 Å². The minimum Gasteiger partial charge on any atom is -0.340 e. The van der Waals surface area contributed by atoms with Crippen LogP contribution in [0.3, 0.4) is 0 Å². The van der Waals surface area contributed by atoms with Gasteiger partial charge in [0.2, 0.25) is 0 Å². The van der Waals surface area contributed by atoms with Crippen LogP contribution in [0.15, 0.2) is 53.3 Å². The summed E-state index contributed by atoms with van der Waals surface area (Å²) in [5.74, 6) is 0.0938. The van der Waals surface area contributed by atoms with Crippen molar-refractivity contribution in [3.05, 3.63) is 68.7 Å². The predicted octanol–water partition coefficient (Wildman–Crippen LogP) is 5.47. The molecule has 6 heteroatoms. The largest absolute Gasteiger partial charge is 0.340 e. The van der Waals surface area contributed by atoms with Crippen molar-refractivity contribution < 1.29 is 4.79 Å². The second-order valence-corrected chi connectivity index (χ2v) is 7.82. The number of Topliss-reactive ketones (excluding diaryl/α,β-unsaturated/α-hetero) is 1. The lowest BCUT2D eigenvalue weighted by molar-refractivity contribution is 0.100. The SMILES string of the molecule is O=C1CN(c2ccc(Br)cc2)/C=C\Cc2c1sc1nccc(Cl)c21. The fourth-order valence-electron chi connectivity index (χ4n) is 2.85. The summed E-state index contributed by atoms with van der Waals surface area (Å²) in [6, 6.07) is 9.71. The van der Waals surface area contributed by atoms with Crippen molar-refractivity contribution >= 4 is 60.6 Å². The van der Waals surface area contributed by atoms with Crippen molar-refractivity contribution in [2.45, 2.75) is 6.42 Å². The Morgan fingerprint density at radius 1 is 1.21 bits per heavy atom. The fraction of sp³-hybridized carbons (Fsp3) is 0.111. The molecular formula is C18H12BrClN2OS. The second-order valence-electron chi connectivity index (χ2n) is 5.50. The Balaban J connectivity index is 1.76. The number of thiophene rings is 1. The van der Waals surface area contributed by atoms with E-state index >= 15 is 0 Å². The van der Waals surface area contributed by atoms with Crippen molar-refractivity contribution in [2.75, 3.05) is 11.4 Å². The highest BCUT2D eigenvalue weighted by Crippen LogP contribution is 2.36. The minimum absolute atomic E-state index is 0.0938. The van der Waals surface area contributed by atoms with E-state index < -0.39 is 0 Å². The number of rotatable bonds is 1. The van der Waals surface area contributed by atoms with Gasteiger partial charge in [-0.15, -0.1) is 11.3 Å². The van der Waals surface area contributed by atoms with E-state index in [0.29, 0.717) is 18.0 Å². The van der Waals surface area contributed by atoms with Crippen LogP contribution in [0.1, 0.15) is 15.2 Å². The molecule has 0 radical (unpaired) electrons. The Bertz CT molecular complexity index is 965. The van der Waals surface area contributed by atoms with Gasteiger partial charge in [-0.3, -0.25) is 4.79 Å². The smallest absolute Gasteiger partial charge is 0.192 e. The van der Waals surface area contributed by atoms with Crippen molar-refractivity contribution in [1.82, 2.24) is 4.98 Å². The van der Waals surface area contributed by atoms with E-state index in [9.17, 15) is 4.79 Å². The Morgan fingerprint density at radius 2 is 2.00 bits per heavy atom. The lowest BCUT2D eigenvalue weighted by Gasteiger charge is -2.21. The molecule has 0 N–H and O–H groups in total. The Morgan fingerprint density at radius 3 is 2.79 bits per heavy atom. The molecule has 3 nitrogen and oxygen atoms in total. The number of carbonyl (C=O) groups is 1. The first-order valence-corrected chi connectivity index (χ1v) is 9.40. The van der Waals surface area contributed by atoms with Crippen molar-refractivity contribution in [3.63, 3.8) is 0 Å². The maximum absolute atomic E-state index is 12.8. The normalized spacial score (nSPS) is 15.9.